The number of rotatable bonds is 14. The predicted octanol–water partition coefficient (Wildman–Crippen LogP) is -0.167. The zero-order valence-electron chi connectivity index (χ0n) is 19.5. The molecule has 2 fully saturated rings. The molecule has 0 aliphatic carbocycles. The molecule has 2 rings (SSSR count). The van der Waals surface area contributed by atoms with Gasteiger partial charge in [-0.05, 0) is 25.7 Å². The van der Waals surface area contributed by atoms with E-state index in [9.17, 15) is 41.7 Å². The van der Waals surface area contributed by atoms with Gasteiger partial charge in [0, 0.05) is 38.5 Å². The van der Waals surface area contributed by atoms with Gasteiger partial charge in [0.15, 0.2) is 0 Å². The Bertz CT molecular complexity index is 889. The third kappa shape index (κ3) is 9.33. The van der Waals surface area contributed by atoms with Crippen molar-refractivity contribution in [2.45, 2.75) is 64.2 Å². The molecule has 0 spiro atoms. The summed E-state index contributed by atoms with van der Waals surface area (Å²) in [7, 11) is -2.71. The molecule has 14 nitrogen and oxygen atoms in total. The second-order valence-electron chi connectivity index (χ2n) is 8.78. The number of carbonyl (C=O) groups excluding carboxylic acids is 6. The number of unbranched alkanes of at least 4 members (excludes halogenated alkanes) is 2. The third-order valence-corrected chi connectivity index (χ3v) is 6.48. The van der Waals surface area contributed by atoms with Gasteiger partial charge < -0.3 is 14.2 Å². The van der Waals surface area contributed by atoms with Crippen molar-refractivity contribution in [1.29, 1.82) is 0 Å². The van der Waals surface area contributed by atoms with Crippen LogP contribution in [0.1, 0.15) is 64.2 Å². The minimum Gasteiger partial charge on any atom is -0.330 e. The van der Waals surface area contributed by atoms with Crippen molar-refractivity contribution in [3.63, 3.8) is 0 Å². The first-order valence-electron chi connectivity index (χ1n) is 11.2. The molecular weight excluding hydrogens is 490 g/mol. The summed E-state index contributed by atoms with van der Waals surface area (Å²) in [6.45, 7) is 0.547. The fourth-order valence-electron chi connectivity index (χ4n) is 3.77. The SMILES string of the molecule is C[N+](CCCCC(=O)ON1C(=O)CCC1=O)(CCCCC(=O)ON1C(=O)CCC1=O)CS(=O)(=O)O. The van der Waals surface area contributed by atoms with Crippen LogP contribution in [0.4, 0.5) is 0 Å². The molecule has 0 unspecified atom stereocenters. The summed E-state index contributed by atoms with van der Waals surface area (Å²) in [5.74, 6) is -4.41. The molecule has 196 valence electrons. The van der Waals surface area contributed by atoms with E-state index < -0.39 is 51.6 Å². The molecular formula is C20H30N3O11S+. The van der Waals surface area contributed by atoms with Crippen LogP contribution in [0, 0.1) is 0 Å². The molecule has 0 atom stereocenters. The highest BCUT2D eigenvalue weighted by Gasteiger charge is 2.34. The predicted molar refractivity (Wildman–Crippen MR) is 114 cm³/mol. The van der Waals surface area contributed by atoms with Crippen LogP contribution in [-0.2, 0) is 48.6 Å². The van der Waals surface area contributed by atoms with Crippen molar-refractivity contribution in [3.05, 3.63) is 0 Å². The van der Waals surface area contributed by atoms with E-state index in [1.807, 2.05) is 0 Å². The lowest BCUT2D eigenvalue weighted by molar-refractivity contribution is -0.898. The average molecular weight is 521 g/mol. The maximum absolute atomic E-state index is 11.9. The van der Waals surface area contributed by atoms with Crippen LogP contribution in [-0.4, -0.2) is 89.2 Å². The van der Waals surface area contributed by atoms with Crippen molar-refractivity contribution in [2.75, 3.05) is 26.0 Å². The molecule has 0 aromatic heterocycles. The highest BCUT2D eigenvalue weighted by Crippen LogP contribution is 2.16. The number of nitrogens with zero attached hydrogens (tertiary/aromatic N) is 3. The Morgan fingerprint density at radius 1 is 0.771 bits per heavy atom. The number of quaternary nitrogens is 1. The Morgan fingerprint density at radius 2 is 1.11 bits per heavy atom. The molecule has 0 aromatic carbocycles. The lowest BCUT2D eigenvalue weighted by Crippen LogP contribution is -2.48. The molecule has 2 aliphatic rings. The van der Waals surface area contributed by atoms with Crippen LogP contribution in [0.25, 0.3) is 0 Å². The Morgan fingerprint density at radius 3 is 1.43 bits per heavy atom. The lowest BCUT2D eigenvalue weighted by Gasteiger charge is -2.33. The number of imide groups is 2. The largest absolute Gasteiger partial charge is 0.333 e. The Hall–Kier alpha value is -2.91. The van der Waals surface area contributed by atoms with E-state index in [-0.39, 0.29) is 56.1 Å². The molecule has 15 heteroatoms. The van der Waals surface area contributed by atoms with Gasteiger partial charge in [0.25, 0.3) is 23.6 Å². The summed E-state index contributed by atoms with van der Waals surface area (Å²) in [6.07, 6.45) is 1.11. The van der Waals surface area contributed by atoms with Gasteiger partial charge in [-0.25, -0.2) is 9.59 Å². The molecule has 2 heterocycles. The Kier molecular flexibility index (Phi) is 9.85. The van der Waals surface area contributed by atoms with Crippen molar-refractivity contribution in [1.82, 2.24) is 10.1 Å². The molecule has 2 saturated heterocycles. The van der Waals surface area contributed by atoms with Gasteiger partial charge in [0.1, 0.15) is 0 Å². The van der Waals surface area contributed by atoms with Gasteiger partial charge in [-0.1, -0.05) is 0 Å². The van der Waals surface area contributed by atoms with Crippen LogP contribution in [0.15, 0.2) is 0 Å². The molecule has 0 radical (unpaired) electrons. The van der Waals surface area contributed by atoms with E-state index in [0.717, 1.165) is 0 Å². The fraction of sp³-hybridized carbons (Fsp3) is 0.700. The van der Waals surface area contributed by atoms with E-state index in [1.54, 1.807) is 7.05 Å². The van der Waals surface area contributed by atoms with Gasteiger partial charge in [-0.2, -0.15) is 8.42 Å². The minimum absolute atomic E-state index is 0.0101. The lowest BCUT2D eigenvalue weighted by atomic mass is 10.2. The van der Waals surface area contributed by atoms with E-state index in [1.165, 1.54) is 0 Å². The minimum atomic E-state index is -4.32. The monoisotopic (exact) mass is 520 g/mol. The first-order valence-corrected chi connectivity index (χ1v) is 12.8. The maximum atomic E-state index is 11.9. The van der Waals surface area contributed by atoms with Crippen molar-refractivity contribution >= 4 is 45.7 Å². The van der Waals surface area contributed by atoms with Gasteiger partial charge in [-0.15, -0.1) is 10.1 Å². The smallest absolute Gasteiger partial charge is 0.330 e. The standard InChI is InChI=1S/C20H29N3O11S/c1-23(14-35(30,31)32,12-4-2-6-19(28)33-21-15(24)8-9-16(21)25)13-5-3-7-20(29)34-22-17(26)10-11-18(22)27/h2-14H2,1H3/p+1. The van der Waals surface area contributed by atoms with Crippen LogP contribution in [0.5, 0.6) is 0 Å². The van der Waals surface area contributed by atoms with Gasteiger partial charge in [-0.3, -0.25) is 23.7 Å². The normalized spacial score (nSPS) is 16.9. The number of hydrogen-bond acceptors (Lipinski definition) is 10. The maximum Gasteiger partial charge on any atom is 0.333 e. The molecule has 0 saturated carbocycles. The average Bonchev–Trinajstić information content (AvgIpc) is 3.23. The highest BCUT2D eigenvalue weighted by atomic mass is 32.2. The fourth-order valence-corrected chi connectivity index (χ4v) is 4.82. The highest BCUT2D eigenvalue weighted by molar-refractivity contribution is 7.85. The number of carbonyl (C=O) groups is 6. The Labute approximate surface area is 202 Å². The number of hydroxylamine groups is 4. The Balaban J connectivity index is 1.75. The molecule has 35 heavy (non-hydrogen) atoms. The van der Waals surface area contributed by atoms with Gasteiger partial charge >= 0.3 is 22.1 Å². The van der Waals surface area contributed by atoms with E-state index in [0.29, 0.717) is 35.8 Å². The molecule has 1 N–H and O–H groups in total. The summed E-state index contributed by atoms with van der Waals surface area (Å²) < 4.78 is 32.2. The van der Waals surface area contributed by atoms with E-state index >= 15 is 0 Å². The molecule has 2 aliphatic heterocycles. The second kappa shape index (κ2) is 12.2. The van der Waals surface area contributed by atoms with E-state index in [4.69, 9.17) is 9.68 Å². The van der Waals surface area contributed by atoms with Gasteiger partial charge in [0.05, 0.1) is 20.1 Å². The van der Waals surface area contributed by atoms with Crippen LogP contribution in [0.2, 0.25) is 0 Å². The van der Waals surface area contributed by atoms with Crippen molar-refractivity contribution in [2.24, 2.45) is 0 Å². The van der Waals surface area contributed by atoms with Gasteiger partial charge in [0.2, 0.25) is 5.88 Å². The quantitative estimate of drug-likeness (QED) is 0.139. The van der Waals surface area contributed by atoms with Crippen molar-refractivity contribution < 1.29 is 55.9 Å². The summed E-state index contributed by atoms with van der Waals surface area (Å²) in [5.41, 5.74) is 0. The molecule has 4 amide bonds. The summed E-state index contributed by atoms with van der Waals surface area (Å²) in [6, 6.07) is 0. The number of hydrogen-bond donors (Lipinski definition) is 1. The summed E-state index contributed by atoms with van der Waals surface area (Å²) >= 11 is 0. The molecule has 0 aromatic rings. The zero-order chi connectivity index (χ0) is 26.2. The zero-order valence-corrected chi connectivity index (χ0v) is 20.3. The van der Waals surface area contributed by atoms with E-state index in [2.05, 4.69) is 0 Å². The first-order chi connectivity index (χ1) is 16.3. The van der Waals surface area contributed by atoms with Crippen LogP contribution < -0.4 is 0 Å². The summed E-state index contributed by atoms with van der Waals surface area (Å²) in [4.78, 5) is 79.2. The first kappa shape index (κ1) is 28.3. The van der Waals surface area contributed by atoms with Crippen molar-refractivity contribution in [3.8, 4) is 0 Å². The molecule has 0 bridgehead atoms. The van der Waals surface area contributed by atoms with Crippen LogP contribution in [0.3, 0.4) is 0 Å². The number of amides is 4. The second-order valence-corrected chi connectivity index (χ2v) is 10.2. The topological polar surface area (TPSA) is 182 Å². The third-order valence-electron chi connectivity index (χ3n) is 5.53. The van der Waals surface area contributed by atoms with Crippen LogP contribution >= 0.6 is 0 Å². The summed E-state index contributed by atoms with van der Waals surface area (Å²) in [5, 5.41) is 0.919.